The zero-order valence-corrected chi connectivity index (χ0v) is 9.13. The third-order valence-electron chi connectivity index (χ3n) is 1.91. The Labute approximate surface area is 88.7 Å². The third kappa shape index (κ3) is 3.55. The zero-order chi connectivity index (χ0) is 10.4. The van der Waals surface area contributed by atoms with E-state index in [4.69, 9.17) is 5.73 Å². The molecule has 1 rings (SSSR count). The van der Waals surface area contributed by atoms with Gasteiger partial charge in [0.2, 0.25) is 0 Å². The van der Waals surface area contributed by atoms with Crippen molar-refractivity contribution in [3.8, 4) is 0 Å². The van der Waals surface area contributed by atoms with Crippen molar-refractivity contribution >= 4 is 17.4 Å². The molecule has 0 amide bonds. The van der Waals surface area contributed by atoms with E-state index in [2.05, 4.69) is 11.9 Å². The van der Waals surface area contributed by atoms with Crippen molar-refractivity contribution in [2.24, 2.45) is 0 Å². The van der Waals surface area contributed by atoms with Gasteiger partial charge >= 0.3 is 0 Å². The second kappa shape index (κ2) is 5.88. The smallest absolute Gasteiger partial charge is 0.0672 e. The average molecular weight is 212 g/mol. The zero-order valence-electron chi connectivity index (χ0n) is 8.31. The number of thioether (sulfide) groups is 1. The molecule has 1 aromatic rings. The van der Waals surface area contributed by atoms with Crippen molar-refractivity contribution < 1.29 is 5.11 Å². The maximum absolute atomic E-state index is 9.65. The van der Waals surface area contributed by atoms with Crippen molar-refractivity contribution in [1.29, 1.82) is 0 Å². The first-order valence-corrected chi connectivity index (χ1v) is 5.83. The van der Waals surface area contributed by atoms with Gasteiger partial charge in [-0.1, -0.05) is 6.92 Å². The highest BCUT2D eigenvalue weighted by atomic mass is 32.2. The number of anilines is 1. The van der Waals surface area contributed by atoms with Crippen LogP contribution in [0.4, 0.5) is 5.69 Å². The van der Waals surface area contributed by atoms with Crippen molar-refractivity contribution in [1.82, 2.24) is 4.98 Å². The Morgan fingerprint density at radius 1 is 1.64 bits per heavy atom. The summed E-state index contributed by atoms with van der Waals surface area (Å²) in [4.78, 5) is 3.98. The van der Waals surface area contributed by atoms with Crippen LogP contribution in [-0.2, 0) is 6.42 Å². The highest BCUT2D eigenvalue weighted by molar-refractivity contribution is 7.99. The fraction of sp³-hybridized carbons (Fsp3) is 0.500. The molecule has 14 heavy (non-hydrogen) atoms. The number of aliphatic hydroxyl groups is 1. The maximum Gasteiger partial charge on any atom is 0.0672 e. The van der Waals surface area contributed by atoms with Crippen LogP contribution in [0.2, 0.25) is 0 Å². The molecule has 1 unspecified atom stereocenters. The number of hydrogen-bond donors (Lipinski definition) is 2. The first-order chi connectivity index (χ1) is 6.74. The van der Waals surface area contributed by atoms with Gasteiger partial charge in [0.15, 0.2) is 0 Å². The molecule has 3 nitrogen and oxygen atoms in total. The Bertz CT molecular complexity index is 281. The van der Waals surface area contributed by atoms with Crippen molar-refractivity contribution in [2.75, 3.05) is 17.2 Å². The summed E-state index contributed by atoms with van der Waals surface area (Å²) in [5.41, 5.74) is 7.38. The van der Waals surface area contributed by atoms with E-state index in [9.17, 15) is 5.11 Å². The van der Waals surface area contributed by atoms with Crippen LogP contribution in [0, 0.1) is 0 Å². The maximum atomic E-state index is 9.65. The fourth-order valence-corrected chi connectivity index (χ4v) is 1.80. The van der Waals surface area contributed by atoms with Gasteiger partial charge in [0.25, 0.3) is 0 Å². The minimum atomic E-state index is -0.327. The molecule has 0 aromatic carbocycles. The molecule has 78 valence electrons. The number of aromatic nitrogens is 1. The minimum absolute atomic E-state index is 0.327. The van der Waals surface area contributed by atoms with E-state index < -0.39 is 0 Å². The van der Waals surface area contributed by atoms with E-state index in [-0.39, 0.29) is 6.10 Å². The second-order valence-corrected chi connectivity index (χ2v) is 4.41. The molecule has 0 saturated heterocycles. The lowest BCUT2D eigenvalue weighted by atomic mass is 10.1. The predicted molar refractivity (Wildman–Crippen MR) is 61.4 cm³/mol. The second-order valence-electron chi connectivity index (χ2n) is 3.09. The van der Waals surface area contributed by atoms with Gasteiger partial charge in [0.05, 0.1) is 6.10 Å². The first kappa shape index (κ1) is 11.3. The summed E-state index contributed by atoms with van der Waals surface area (Å²) in [6.45, 7) is 2.08. The number of hydrogen-bond acceptors (Lipinski definition) is 4. The largest absolute Gasteiger partial charge is 0.398 e. The van der Waals surface area contributed by atoms with Crippen LogP contribution in [0.1, 0.15) is 12.5 Å². The quantitative estimate of drug-likeness (QED) is 0.773. The molecule has 0 spiro atoms. The van der Waals surface area contributed by atoms with E-state index in [1.165, 1.54) is 0 Å². The molecule has 0 aliphatic carbocycles. The van der Waals surface area contributed by atoms with E-state index in [0.29, 0.717) is 12.1 Å². The highest BCUT2D eigenvalue weighted by Gasteiger charge is 2.07. The van der Waals surface area contributed by atoms with E-state index >= 15 is 0 Å². The van der Waals surface area contributed by atoms with Gasteiger partial charge in [-0.15, -0.1) is 0 Å². The van der Waals surface area contributed by atoms with Gasteiger partial charge in [-0.3, -0.25) is 4.98 Å². The van der Waals surface area contributed by atoms with E-state index in [1.54, 1.807) is 30.2 Å². The Hall–Kier alpha value is -0.740. The lowest BCUT2D eigenvalue weighted by Crippen LogP contribution is -2.15. The molecule has 4 heteroatoms. The molecule has 0 fully saturated rings. The summed E-state index contributed by atoms with van der Waals surface area (Å²) >= 11 is 1.73. The van der Waals surface area contributed by atoms with Crippen LogP contribution in [-0.4, -0.2) is 27.7 Å². The molecule has 0 bridgehead atoms. The number of nitrogen functional groups attached to an aromatic ring is 1. The molecule has 0 aliphatic rings. The van der Waals surface area contributed by atoms with Gasteiger partial charge in [-0.2, -0.15) is 11.8 Å². The van der Waals surface area contributed by atoms with Crippen LogP contribution in [0.15, 0.2) is 18.5 Å². The summed E-state index contributed by atoms with van der Waals surface area (Å²) in [6.07, 6.45) is 3.64. The summed E-state index contributed by atoms with van der Waals surface area (Å²) in [5.74, 6) is 1.78. The van der Waals surface area contributed by atoms with Gasteiger partial charge < -0.3 is 10.8 Å². The summed E-state index contributed by atoms with van der Waals surface area (Å²) in [5, 5.41) is 9.65. The summed E-state index contributed by atoms with van der Waals surface area (Å²) < 4.78 is 0. The Morgan fingerprint density at radius 3 is 3.07 bits per heavy atom. The average Bonchev–Trinajstić information content (AvgIpc) is 2.18. The van der Waals surface area contributed by atoms with E-state index in [1.807, 2.05) is 0 Å². The van der Waals surface area contributed by atoms with Crippen LogP contribution >= 0.6 is 11.8 Å². The third-order valence-corrected chi connectivity index (χ3v) is 2.94. The standard InChI is InChI=1S/C10H16N2OS/c1-2-14-7-9(13)5-8-6-12-4-3-10(8)11/h3-4,6,9,13H,2,5,7H2,1H3,(H2,11,12). The van der Waals surface area contributed by atoms with Crippen LogP contribution in [0.25, 0.3) is 0 Å². The lowest BCUT2D eigenvalue weighted by molar-refractivity contribution is 0.200. The number of pyridine rings is 1. The molecule has 1 heterocycles. The van der Waals surface area contributed by atoms with Crippen LogP contribution in [0.5, 0.6) is 0 Å². The topological polar surface area (TPSA) is 59.1 Å². The molecular weight excluding hydrogens is 196 g/mol. The fourth-order valence-electron chi connectivity index (χ4n) is 1.18. The molecule has 0 saturated carbocycles. The Balaban J connectivity index is 2.47. The van der Waals surface area contributed by atoms with Crippen molar-refractivity contribution in [2.45, 2.75) is 19.4 Å². The van der Waals surface area contributed by atoms with Crippen LogP contribution < -0.4 is 5.73 Å². The normalized spacial score (nSPS) is 12.7. The van der Waals surface area contributed by atoms with Gasteiger partial charge in [-0.05, 0) is 17.4 Å². The van der Waals surface area contributed by atoms with Crippen LogP contribution in [0.3, 0.4) is 0 Å². The highest BCUT2D eigenvalue weighted by Crippen LogP contribution is 2.13. The molecule has 0 radical (unpaired) electrons. The SMILES string of the molecule is CCSCC(O)Cc1cnccc1N. The molecule has 0 aliphatic heterocycles. The molecule has 1 aromatic heterocycles. The number of rotatable bonds is 5. The monoisotopic (exact) mass is 212 g/mol. The molecule has 3 N–H and O–H groups in total. The predicted octanol–water partition coefficient (Wildman–Crippen LogP) is 1.32. The van der Waals surface area contributed by atoms with Gasteiger partial charge in [-0.25, -0.2) is 0 Å². The summed E-state index contributed by atoms with van der Waals surface area (Å²) in [6, 6.07) is 1.76. The Kier molecular flexibility index (Phi) is 4.76. The van der Waals surface area contributed by atoms with Crippen molar-refractivity contribution in [3.63, 3.8) is 0 Å². The molecular formula is C10H16N2OS. The molecule has 1 atom stereocenters. The Morgan fingerprint density at radius 2 is 2.43 bits per heavy atom. The number of nitrogens with two attached hydrogens (primary N) is 1. The number of nitrogens with zero attached hydrogens (tertiary/aromatic N) is 1. The minimum Gasteiger partial charge on any atom is -0.398 e. The number of aliphatic hydroxyl groups excluding tert-OH is 1. The van der Waals surface area contributed by atoms with Gasteiger partial charge in [0, 0.05) is 30.3 Å². The van der Waals surface area contributed by atoms with Crippen molar-refractivity contribution in [3.05, 3.63) is 24.0 Å². The van der Waals surface area contributed by atoms with Gasteiger partial charge in [0.1, 0.15) is 0 Å². The first-order valence-electron chi connectivity index (χ1n) is 4.68. The van der Waals surface area contributed by atoms with E-state index in [0.717, 1.165) is 17.1 Å². The lowest BCUT2D eigenvalue weighted by Gasteiger charge is -2.10. The summed E-state index contributed by atoms with van der Waals surface area (Å²) in [7, 11) is 0.